The summed E-state index contributed by atoms with van der Waals surface area (Å²) >= 11 is 0. The summed E-state index contributed by atoms with van der Waals surface area (Å²) in [5.41, 5.74) is 8.76. The van der Waals surface area contributed by atoms with Gasteiger partial charge in [-0.1, -0.05) is 6.07 Å². The van der Waals surface area contributed by atoms with Crippen molar-refractivity contribution in [1.29, 1.82) is 0 Å². The molecule has 0 aliphatic heterocycles. The molecule has 0 fully saturated rings. The molecule has 0 radical (unpaired) electrons. The SMILES string of the molecule is COc1ccc(CCC(=O)Nc2ccc(NC(C)=O)cc2)cc1N. The van der Waals surface area contributed by atoms with Crippen LogP contribution in [-0.2, 0) is 16.0 Å². The molecule has 0 heterocycles. The van der Waals surface area contributed by atoms with Crippen LogP contribution in [0.4, 0.5) is 17.1 Å². The molecule has 2 rings (SSSR count). The summed E-state index contributed by atoms with van der Waals surface area (Å²) in [6.45, 7) is 1.45. The molecule has 0 aliphatic rings. The lowest BCUT2D eigenvalue weighted by atomic mass is 10.1. The zero-order valence-corrected chi connectivity index (χ0v) is 13.8. The van der Waals surface area contributed by atoms with Gasteiger partial charge in [0.05, 0.1) is 12.8 Å². The predicted molar refractivity (Wildman–Crippen MR) is 95.1 cm³/mol. The molecule has 6 nitrogen and oxygen atoms in total. The Balaban J connectivity index is 1.87. The number of anilines is 3. The fourth-order valence-corrected chi connectivity index (χ4v) is 2.26. The van der Waals surface area contributed by atoms with Crippen molar-refractivity contribution in [3.63, 3.8) is 0 Å². The van der Waals surface area contributed by atoms with Crippen LogP contribution < -0.4 is 21.1 Å². The number of nitrogens with two attached hydrogens (primary N) is 1. The molecule has 0 saturated heterocycles. The van der Waals surface area contributed by atoms with E-state index in [1.165, 1.54) is 6.92 Å². The standard InChI is InChI=1S/C18H21N3O3/c1-12(22)20-14-5-7-15(8-6-14)21-18(23)10-4-13-3-9-17(24-2)16(19)11-13/h3,5-9,11H,4,10,19H2,1-2H3,(H,20,22)(H,21,23). The van der Waals surface area contributed by atoms with Crippen LogP contribution in [0.15, 0.2) is 42.5 Å². The summed E-state index contributed by atoms with van der Waals surface area (Å²) in [4.78, 5) is 23.0. The normalized spacial score (nSPS) is 10.1. The quantitative estimate of drug-likeness (QED) is 0.711. The van der Waals surface area contributed by atoms with E-state index in [-0.39, 0.29) is 11.8 Å². The third-order valence-electron chi connectivity index (χ3n) is 3.42. The summed E-state index contributed by atoms with van der Waals surface area (Å²) in [5.74, 6) is 0.407. The Kier molecular flexibility index (Phi) is 5.78. The van der Waals surface area contributed by atoms with Crippen molar-refractivity contribution < 1.29 is 14.3 Å². The van der Waals surface area contributed by atoms with Gasteiger partial charge in [0.1, 0.15) is 5.75 Å². The van der Waals surface area contributed by atoms with Crippen molar-refractivity contribution in [3.8, 4) is 5.75 Å². The second-order valence-electron chi connectivity index (χ2n) is 5.38. The average molecular weight is 327 g/mol. The van der Waals surface area contributed by atoms with Gasteiger partial charge in [0, 0.05) is 24.7 Å². The van der Waals surface area contributed by atoms with Crippen LogP contribution in [-0.4, -0.2) is 18.9 Å². The third kappa shape index (κ3) is 5.01. The van der Waals surface area contributed by atoms with Gasteiger partial charge in [-0.25, -0.2) is 0 Å². The van der Waals surface area contributed by atoms with Crippen LogP contribution in [0.5, 0.6) is 5.75 Å². The molecule has 2 aromatic carbocycles. The van der Waals surface area contributed by atoms with E-state index in [1.807, 2.05) is 12.1 Å². The van der Waals surface area contributed by atoms with E-state index in [4.69, 9.17) is 10.5 Å². The molecule has 2 aromatic rings. The van der Waals surface area contributed by atoms with Crippen molar-refractivity contribution in [2.75, 3.05) is 23.5 Å². The Labute approximate surface area is 141 Å². The highest BCUT2D eigenvalue weighted by atomic mass is 16.5. The van der Waals surface area contributed by atoms with Crippen molar-refractivity contribution in [3.05, 3.63) is 48.0 Å². The molecule has 4 N–H and O–H groups in total. The number of benzene rings is 2. The lowest BCUT2D eigenvalue weighted by Gasteiger charge is -2.08. The Morgan fingerprint density at radius 2 is 1.67 bits per heavy atom. The maximum absolute atomic E-state index is 12.0. The second-order valence-corrected chi connectivity index (χ2v) is 5.38. The molecule has 24 heavy (non-hydrogen) atoms. The Hall–Kier alpha value is -3.02. The molecule has 2 amide bonds. The number of ether oxygens (including phenoxy) is 1. The summed E-state index contributed by atoms with van der Waals surface area (Å²) in [6, 6.07) is 12.5. The molecule has 0 saturated carbocycles. The van der Waals surface area contributed by atoms with Gasteiger partial charge in [0.15, 0.2) is 0 Å². The number of carbonyl (C=O) groups is 2. The third-order valence-corrected chi connectivity index (χ3v) is 3.42. The van der Waals surface area contributed by atoms with Crippen molar-refractivity contribution in [2.45, 2.75) is 19.8 Å². The van der Waals surface area contributed by atoms with E-state index in [1.54, 1.807) is 37.4 Å². The number of hydrogen-bond acceptors (Lipinski definition) is 4. The van der Waals surface area contributed by atoms with Gasteiger partial charge in [-0.15, -0.1) is 0 Å². The highest BCUT2D eigenvalue weighted by Crippen LogP contribution is 2.22. The van der Waals surface area contributed by atoms with Gasteiger partial charge < -0.3 is 21.1 Å². The first-order valence-electron chi connectivity index (χ1n) is 7.58. The van der Waals surface area contributed by atoms with Crippen molar-refractivity contribution in [2.24, 2.45) is 0 Å². The number of carbonyl (C=O) groups excluding carboxylic acids is 2. The van der Waals surface area contributed by atoms with Crippen molar-refractivity contribution in [1.82, 2.24) is 0 Å². The van der Waals surface area contributed by atoms with Gasteiger partial charge >= 0.3 is 0 Å². The van der Waals surface area contributed by atoms with Crippen LogP contribution in [0.1, 0.15) is 18.9 Å². The van der Waals surface area contributed by atoms with E-state index in [0.717, 1.165) is 5.56 Å². The summed E-state index contributed by atoms with van der Waals surface area (Å²) in [7, 11) is 1.57. The summed E-state index contributed by atoms with van der Waals surface area (Å²) in [5, 5.41) is 5.50. The number of methoxy groups -OCH3 is 1. The van der Waals surface area contributed by atoms with Gasteiger partial charge in [-0.2, -0.15) is 0 Å². The highest BCUT2D eigenvalue weighted by Gasteiger charge is 2.06. The molecule has 0 atom stereocenters. The number of aryl methyl sites for hydroxylation is 1. The van der Waals surface area contributed by atoms with Crippen LogP contribution in [0, 0.1) is 0 Å². The number of hydrogen-bond donors (Lipinski definition) is 3. The van der Waals surface area contributed by atoms with Crippen LogP contribution in [0.25, 0.3) is 0 Å². The van der Waals surface area contributed by atoms with Crippen LogP contribution in [0.3, 0.4) is 0 Å². The Morgan fingerprint density at radius 1 is 1.04 bits per heavy atom. The van der Waals surface area contributed by atoms with Gasteiger partial charge in [0.25, 0.3) is 0 Å². The number of rotatable bonds is 6. The first-order valence-corrected chi connectivity index (χ1v) is 7.58. The lowest BCUT2D eigenvalue weighted by Crippen LogP contribution is -2.12. The van der Waals surface area contributed by atoms with E-state index in [2.05, 4.69) is 10.6 Å². The fraction of sp³-hybridized carbons (Fsp3) is 0.222. The predicted octanol–water partition coefficient (Wildman–Crippen LogP) is 2.81. The smallest absolute Gasteiger partial charge is 0.224 e. The number of nitrogens with one attached hydrogen (secondary N) is 2. The Bertz CT molecular complexity index is 727. The maximum atomic E-state index is 12.0. The molecule has 0 aliphatic carbocycles. The van der Waals surface area contributed by atoms with E-state index >= 15 is 0 Å². The molecular weight excluding hydrogens is 306 g/mol. The zero-order valence-electron chi connectivity index (χ0n) is 13.8. The molecule has 126 valence electrons. The van der Waals surface area contributed by atoms with E-state index in [0.29, 0.717) is 35.7 Å². The largest absolute Gasteiger partial charge is 0.495 e. The van der Waals surface area contributed by atoms with Crippen LogP contribution in [0.2, 0.25) is 0 Å². The summed E-state index contributed by atoms with van der Waals surface area (Å²) in [6.07, 6.45) is 0.934. The minimum Gasteiger partial charge on any atom is -0.495 e. The Morgan fingerprint density at radius 3 is 2.21 bits per heavy atom. The van der Waals surface area contributed by atoms with Gasteiger partial charge in [0.2, 0.25) is 11.8 Å². The van der Waals surface area contributed by atoms with Crippen LogP contribution >= 0.6 is 0 Å². The van der Waals surface area contributed by atoms with E-state index in [9.17, 15) is 9.59 Å². The molecule has 6 heteroatoms. The first-order chi connectivity index (χ1) is 11.5. The molecule has 0 bridgehead atoms. The summed E-state index contributed by atoms with van der Waals surface area (Å²) < 4.78 is 5.11. The first kappa shape index (κ1) is 17.3. The van der Waals surface area contributed by atoms with Gasteiger partial charge in [-0.05, 0) is 48.4 Å². The topological polar surface area (TPSA) is 93.5 Å². The monoisotopic (exact) mass is 327 g/mol. The number of amides is 2. The highest BCUT2D eigenvalue weighted by molar-refractivity contribution is 5.92. The lowest BCUT2D eigenvalue weighted by molar-refractivity contribution is -0.116. The zero-order chi connectivity index (χ0) is 17.5. The molecular formula is C18H21N3O3. The molecule has 0 unspecified atom stereocenters. The molecule has 0 aromatic heterocycles. The van der Waals surface area contributed by atoms with Crippen molar-refractivity contribution >= 4 is 28.9 Å². The fourth-order valence-electron chi connectivity index (χ4n) is 2.26. The van der Waals surface area contributed by atoms with Gasteiger partial charge in [-0.3, -0.25) is 9.59 Å². The number of nitrogen functional groups attached to an aromatic ring is 1. The van der Waals surface area contributed by atoms with E-state index < -0.39 is 0 Å². The maximum Gasteiger partial charge on any atom is 0.224 e. The minimum atomic E-state index is -0.134. The second kappa shape index (κ2) is 8.01. The minimum absolute atomic E-state index is 0.0864. The average Bonchev–Trinajstić information content (AvgIpc) is 2.54. The molecule has 0 spiro atoms.